The number of nitrogens with one attached hydrogen (secondary N) is 3. The molecule has 21 nitrogen and oxygen atoms in total. The number of anilines is 2. The van der Waals surface area contributed by atoms with E-state index in [4.69, 9.17) is 25.9 Å². The number of carboxylic acids is 1. The number of carbonyl (C=O) groups is 5. The molecule has 1 saturated heterocycles. The Morgan fingerprint density at radius 2 is 1.57 bits per heavy atom. The Hall–Kier alpha value is -6.71. The van der Waals surface area contributed by atoms with E-state index in [1.165, 1.54) is 0 Å². The van der Waals surface area contributed by atoms with Crippen molar-refractivity contribution in [3.05, 3.63) is 83.4 Å². The number of carboxylic acid groups (broad SMARTS) is 1. The van der Waals surface area contributed by atoms with Crippen molar-refractivity contribution in [3.8, 4) is 11.6 Å². The van der Waals surface area contributed by atoms with E-state index in [1.807, 2.05) is 71.2 Å². The van der Waals surface area contributed by atoms with Gasteiger partial charge in [0.2, 0.25) is 23.6 Å². The van der Waals surface area contributed by atoms with Crippen LogP contribution in [0.5, 0.6) is 11.6 Å². The van der Waals surface area contributed by atoms with Gasteiger partial charge in [-0.3, -0.25) is 33.6 Å². The van der Waals surface area contributed by atoms with Crippen LogP contribution in [0, 0.1) is 24.2 Å². The van der Waals surface area contributed by atoms with Gasteiger partial charge in [0.15, 0.2) is 0 Å². The van der Waals surface area contributed by atoms with Gasteiger partial charge >= 0.3 is 5.97 Å². The first-order chi connectivity index (χ1) is 37.1. The van der Waals surface area contributed by atoms with Crippen LogP contribution in [0.25, 0.3) is 0 Å². The molecule has 2 fully saturated rings. The molecular formula is C56H83N13O8. The highest BCUT2D eigenvalue weighted by atomic mass is 16.5. The zero-order valence-electron chi connectivity index (χ0n) is 45.7. The third kappa shape index (κ3) is 20.0. The maximum absolute atomic E-state index is 15.0. The standard InChI is InChI=1S/C56H83N13O8/c1-40-8-7-10-49(63-40)69(55(75)46-15-14-45(76-4)35-48(46)67-30-17-41(18-31-67)38-77-53-34-43(16-24-62-53)47(36-54(73)74)42-12-13-42)39-56(2,3)21-32-68-37-44(64-65-68)9-5-6-11-50(70)61-27-33-66(28-19-51(71)59-25-22-57)29-20-52(72)60-26-23-58/h7-8,10,14-16,24,34-35,37,41-42,47H,5-6,9,11-13,17-23,25-33,36,38-39,57-58H2,1-4H3,(H,59,71)(H,60,72)(H,61,70)(H,73,74)/t47-/m0/s1. The van der Waals surface area contributed by atoms with Crippen LogP contribution in [-0.4, -0.2) is 150 Å². The average Bonchev–Trinajstić information content (AvgIpc) is 4.19. The van der Waals surface area contributed by atoms with Gasteiger partial charge < -0.3 is 51.8 Å². The maximum Gasteiger partial charge on any atom is 0.303 e. The number of ether oxygens (including phenoxy) is 2. The fourth-order valence-corrected chi connectivity index (χ4v) is 9.66. The summed E-state index contributed by atoms with van der Waals surface area (Å²) in [5.74, 6) is 1.15. The van der Waals surface area contributed by atoms with Gasteiger partial charge in [0.05, 0.1) is 37.1 Å². The first-order valence-corrected chi connectivity index (χ1v) is 27.4. The molecule has 3 aromatic heterocycles. The summed E-state index contributed by atoms with van der Waals surface area (Å²) in [4.78, 5) is 79.1. The Bertz CT molecular complexity index is 2500. The molecule has 1 atom stereocenters. The van der Waals surface area contributed by atoms with Gasteiger partial charge in [-0.1, -0.05) is 25.1 Å². The van der Waals surface area contributed by atoms with Crippen LogP contribution in [0.3, 0.4) is 0 Å². The number of rotatable bonds is 34. The molecule has 420 valence electrons. The molecule has 21 heteroatoms. The summed E-state index contributed by atoms with van der Waals surface area (Å²) < 4.78 is 13.8. The molecular weight excluding hydrogens is 983 g/mol. The summed E-state index contributed by atoms with van der Waals surface area (Å²) in [6.07, 6.45) is 11.2. The van der Waals surface area contributed by atoms with Crippen molar-refractivity contribution in [1.82, 2.24) is 45.8 Å². The smallest absolute Gasteiger partial charge is 0.303 e. The first kappa shape index (κ1) is 59.5. The molecule has 1 saturated carbocycles. The number of aryl methyl sites for hydroxylation is 3. The van der Waals surface area contributed by atoms with E-state index >= 15 is 4.79 Å². The number of piperidine rings is 1. The normalized spacial score (nSPS) is 14.2. The van der Waals surface area contributed by atoms with E-state index in [2.05, 4.69) is 50.0 Å². The number of amides is 4. The van der Waals surface area contributed by atoms with Crippen molar-refractivity contribution in [3.63, 3.8) is 0 Å². The summed E-state index contributed by atoms with van der Waals surface area (Å²) in [6.45, 7) is 12.4. The Labute approximate surface area is 453 Å². The third-order valence-electron chi connectivity index (χ3n) is 14.3. The average molecular weight is 1070 g/mol. The topological polar surface area (TPSA) is 278 Å². The molecule has 6 rings (SSSR count). The van der Waals surface area contributed by atoms with Crippen LogP contribution in [0.2, 0.25) is 0 Å². The first-order valence-electron chi connectivity index (χ1n) is 27.4. The van der Waals surface area contributed by atoms with Gasteiger partial charge in [-0.25, -0.2) is 9.97 Å². The molecule has 1 aliphatic carbocycles. The second-order valence-corrected chi connectivity index (χ2v) is 21.2. The van der Waals surface area contributed by atoms with Crippen molar-refractivity contribution < 1.29 is 38.6 Å². The van der Waals surface area contributed by atoms with Crippen LogP contribution < -0.4 is 46.7 Å². The predicted molar refractivity (Wildman–Crippen MR) is 295 cm³/mol. The zero-order valence-corrected chi connectivity index (χ0v) is 45.7. The number of methoxy groups -OCH3 is 1. The van der Waals surface area contributed by atoms with E-state index in [1.54, 1.807) is 18.2 Å². The fraction of sp³-hybridized carbons (Fsp3) is 0.589. The number of aromatic nitrogens is 5. The quantitative estimate of drug-likeness (QED) is 0.0352. The number of pyridine rings is 2. The summed E-state index contributed by atoms with van der Waals surface area (Å²) in [7, 11) is 1.63. The number of nitrogens with zero attached hydrogens (tertiary/aromatic N) is 8. The van der Waals surface area contributed by atoms with Gasteiger partial charge in [-0.2, -0.15) is 0 Å². The number of hydrogen-bond acceptors (Lipinski definition) is 15. The summed E-state index contributed by atoms with van der Waals surface area (Å²) in [5, 5.41) is 26.9. The Morgan fingerprint density at radius 3 is 2.23 bits per heavy atom. The summed E-state index contributed by atoms with van der Waals surface area (Å²) in [6, 6.07) is 15.2. The molecule has 1 aliphatic heterocycles. The maximum atomic E-state index is 15.0. The Morgan fingerprint density at radius 1 is 0.870 bits per heavy atom. The van der Waals surface area contributed by atoms with Gasteiger partial charge in [0.25, 0.3) is 5.91 Å². The molecule has 4 aromatic rings. The highest BCUT2D eigenvalue weighted by Crippen LogP contribution is 2.45. The van der Waals surface area contributed by atoms with Crippen molar-refractivity contribution in [2.24, 2.45) is 28.7 Å². The Balaban J connectivity index is 0.988. The molecule has 4 heterocycles. The molecule has 2 aliphatic rings. The van der Waals surface area contributed by atoms with Crippen LogP contribution in [-0.2, 0) is 32.1 Å². The van der Waals surface area contributed by atoms with Gasteiger partial charge in [0, 0.05) is 128 Å². The van der Waals surface area contributed by atoms with E-state index in [-0.39, 0.29) is 60.1 Å². The minimum absolute atomic E-state index is 0.0298. The fourth-order valence-electron chi connectivity index (χ4n) is 9.66. The summed E-state index contributed by atoms with van der Waals surface area (Å²) in [5.41, 5.74) is 14.6. The lowest BCUT2D eigenvalue weighted by atomic mass is 9.88. The Kier molecular flexibility index (Phi) is 23.4. The molecule has 0 radical (unpaired) electrons. The molecule has 0 spiro atoms. The minimum atomic E-state index is -0.793. The van der Waals surface area contributed by atoms with Crippen molar-refractivity contribution >= 4 is 41.1 Å². The largest absolute Gasteiger partial charge is 0.497 e. The lowest BCUT2D eigenvalue weighted by Gasteiger charge is -2.36. The van der Waals surface area contributed by atoms with Crippen molar-refractivity contribution in [2.45, 2.75) is 110 Å². The van der Waals surface area contributed by atoms with Gasteiger partial charge in [-0.05, 0) is 117 Å². The molecule has 77 heavy (non-hydrogen) atoms. The summed E-state index contributed by atoms with van der Waals surface area (Å²) >= 11 is 0. The monoisotopic (exact) mass is 1070 g/mol. The second-order valence-electron chi connectivity index (χ2n) is 21.2. The van der Waals surface area contributed by atoms with Crippen LogP contribution in [0.1, 0.15) is 118 Å². The highest BCUT2D eigenvalue weighted by Gasteiger charge is 2.35. The van der Waals surface area contributed by atoms with E-state index < -0.39 is 5.97 Å². The molecule has 0 bridgehead atoms. The third-order valence-corrected chi connectivity index (χ3v) is 14.3. The van der Waals surface area contributed by atoms with E-state index in [0.29, 0.717) is 140 Å². The van der Waals surface area contributed by atoms with E-state index in [0.717, 1.165) is 54.7 Å². The molecule has 8 N–H and O–H groups in total. The predicted octanol–water partition coefficient (Wildman–Crippen LogP) is 4.47. The molecule has 1 aromatic carbocycles. The number of aliphatic carboxylic acids is 1. The lowest BCUT2D eigenvalue weighted by Crippen LogP contribution is -2.42. The number of unbranched alkanes of at least 4 members (excludes halogenated alkanes) is 1. The number of hydrogen-bond donors (Lipinski definition) is 6. The number of nitrogens with two attached hydrogens (primary N) is 2. The van der Waals surface area contributed by atoms with E-state index in [9.17, 15) is 24.3 Å². The number of benzene rings is 1. The minimum Gasteiger partial charge on any atom is -0.497 e. The highest BCUT2D eigenvalue weighted by molar-refractivity contribution is 6.09. The van der Waals surface area contributed by atoms with Crippen LogP contribution in [0.15, 0.2) is 60.9 Å². The second kappa shape index (κ2) is 30.3. The van der Waals surface area contributed by atoms with Crippen LogP contribution in [0.4, 0.5) is 11.5 Å². The lowest BCUT2D eigenvalue weighted by molar-refractivity contribution is -0.137. The number of carbonyl (C=O) groups excluding carboxylic acids is 4. The van der Waals surface area contributed by atoms with Gasteiger partial charge in [-0.15, -0.1) is 5.10 Å². The zero-order chi connectivity index (χ0) is 55.2. The van der Waals surface area contributed by atoms with Crippen molar-refractivity contribution in [1.29, 1.82) is 0 Å². The SMILES string of the molecule is COc1ccc(C(=O)N(CC(C)(C)CCn2cc(CCCCC(=O)NCCN(CCC(=O)NCCN)CCC(=O)NCCN)nn2)c2cccc(C)n2)c(N2CCC(COc3cc([C@@H](CC(=O)O)C4CC4)ccn3)CC2)c1. The van der Waals surface area contributed by atoms with Crippen LogP contribution >= 0.6 is 0 Å². The molecule has 0 unspecified atom stereocenters. The molecule has 4 amide bonds. The van der Waals surface area contributed by atoms with Crippen molar-refractivity contribution in [2.75, 3.05) is 95.5 Å². The van der Waals surface area contributed by atoms with Gasteiger partial charge in [0.1, 0.15) is 11.6 Å².